The molecular weight excluding hydrogens is 352 g/mol. The Balaban J connectivity index is 2.63. The zero-order chi connectivity index (χ0) is 20.0. The van der Waals surface area contributed by atoms with Gasteiger partial charge < -0.3 is 15.2 Å². The summed E-state index contributed by atoms with van der Waals surface area (Å²) >= 11 is 0. The van der Waals surface area contributed by atoms with E-state index in [1.54, 1.807) is 36.4 Å². The van der Waals surface area contributed by atoms with Crippen molar-refractivity contribution in [2.45, 2.75) is 12.0 Å². The minimum atomic E-state index is -1.38. The number of hydrogen-bond donors (Lipinski definition) is 1. The lowest BCUT2D eigenvalue weighted by atomic mass is 9.78. The molecule has 2 aromatic rings. The first-order valence-electron chi connectivity index (χ1n) is 8.11. The van der Waals surface area contributed by atoms with Crippen molar-refractivity contribution in [1.29, 1.82) is 0 Å². The maximum Gasteiger partial charge on any atom is 0.320 e. The number of hydrogen-bond acceptors (Lipinski definition) is 7. The molecule has 2 aromatic carbocycles. The molecule has 0 aliphatic carbocycles. The van der Waals surface area contributed by atoms with Crippen molar-refractivity contribution in [2.24, 2.45) is 11.7 Å². The van der Waals surface area contributed by atoms with E-state index >= 15 is 0 Å². The predicted molar refractivity (Wildman–Crippen MR) is 96.7 cm³/mol. The van der Waals surface area contributed by atoms with Gasteiger partial charge in [0.2, 0.25) is 0 Å². The first-order chi connectivity index (χ1) is 12.9. The van der Waals surface area contributed by atoms with Crippen molar-refractivity contribution in [2.75, 3.05) is 14.2 Å². The van der Waals surface area contributed by atoms with Gasteiger partial charge in [0, 0.05) is 24.1 Å². The van der Waals surface area contributed by atoms with Gasteiger partial charge in [0.25, 0.3) is 5.69 Å². The predicted octanol–water partition coefficient (Wildman–Crippen LogP) is 2.34. The number of nitro benzene ring substituents is 1. The second kappa shape index (κ2) is 8.91. The van der Waals surface area contributed by atoms with Crippen LogP contribution in [0.3, 0.4) is 0 Å². The summed E-state index contributed by atoms with van der Waals surface area (Å²) in [5, 5.41) is 11.2. The summed E-state index contributed by atoms with van der Waals surface area (Å²) in [4.78, 5) is 35.3. The van der Waals surface area contributed by atoms with Crippen LogP contribution in [0.15, 0.2) is 54.6 Å². The Morgan fingerprint density at radius 3 is 2.04 bits per heavy atom. The average Bonchev–Trinajstić information content (AvgIpc) is 2.71. The number of nitrogens with zero attached hydrogens (tertiary/aromatic N) is 1. The third-order valence-corrected chi connectivity index (χ3v) is 4.31. The van der Waals surface area contributed by atoms with Crippen LogP contribution in [0.5, 0.6) is 0 Å². The van der Waals surface area contributed by atoms with Crippen molar-refractivity contribution in [3.63, 3.8) is 0 Å². The number of carbonyl (C=O) groups excluding carboxylic acids is 2. The number of methoxy groups -OCH3 is 2. The van der Waals surface area contributed by atoms with E-state index in [1.807, 2.05) is 0 Å². The molecule has 2 rings (SSSR count). The van der Waals surface area contributed by atoms with Gasteiger partial charge in [-0.25, -0.2) is 0 Å². The van der Waals surface area contributed by atoms with E-state index in [9.17, 15) is 19.7 Å². The number of esters is 2. The Labute approximate surface area is 156 Å². The van der Waals surface area contributed by atoms with Gasteiger partial charge in [0.05, 0.1) is 19.1 Å². The van der Waals surface area contributed by atoms with E-state index in [0.29, 0.717) is 11.1 Å². The topological polar surface area (TPSA) is 122 Å². The molecule has 0 aromatic heterocycles. The smallest absolute Gasteiger partial charge is 0.320 e. The van der Waals surface area contributed by atoms with Crippen molar-refractivity contribution in [3.05, 3.63) is 75.8 Å². The number of carbonyl (C=O) groups is 2. The molecule has 8 nitrogen and oxygen atoms in total. The van der Waals surface area contributed by atoms with Crippen molar-refractivity contribution < 1.29 is 24.0 Å². The molecule has 0 amide bonds. The van der Waals surface area contributed by atoms with Gasteiger partial charge in [0.1, 0.15) is 0 Å². The average molecular weight is 372 g/mol. The molecule has 0 heterocycles. The van der Waals surface area contributed by atoms with Gasteiger partial charge in [0.15, 0.2) is 5.92 Å². The highest BCUT2D eigenvalue weighted by molar-refractivity contribution is 5.96. The molecule has 142 valence electrons. The van der Waals surface area contributed by atoms with Crippen LogP contribution < -0.4 is 5.73 Å². The minimum absolute atomic E-state index is 0.175. The van der Waals surface area contributed by atoms with Crippen molar-refractivity contribution in [3.8, 4) is 0 Å². The quantitative estimate of drug-likeness (QED) is 0.342. The van der Waals surface area contributed by atoms with Gasteiger partial charge in [-0.15, -0.1) is 0 Å². The Morgan fingerprint density at radius 2 is 1.52 bits per heavy atom. The molecule has 0 saturated heterocycles. The number of rotatable bonds is 7. The van der Waals surface area contributed by atoms with Crippen LogP contribution in [0.4, 0.5) is 5.69 Å². The third kappa shape index (κ3) is 4.48. The summed E-state index contributed by atoms with van der Waals surface area (Å²) in [6.45, 7) is 0. The largest absolute Gasteiger partial charge is 0.468 e. The molecule has 0 spiro atoms. The zero-order valence-electron chi connectivity index (χ0n) is 14.9. The fourth-order valence-electron chi connectivity index (χ4n) is 2.98. The van der Waals surface area contributed by atoms with Crippen LogP contribution in [0.1, 0.15) is 23.1 Å². The number of nitrogens with two attached hydrogens (primary N) is 1. The fraction of sp³-hybridized carbons (Fsp3) is 0.263. The summed E-state index contributed by atoms with van der Waals surface area (Å²) in [7, 11) is 2.30. The Bertz CT molecular complexity index is 808. The maximum atomic E-state index is 12.4. The standard InChI is InChI=1S/C19H20N2O6/c1-26-18(22)16(19(23)27-2)15(17(20)12-7-4-3-5-8-12)13-9-6-10-14(11-13)21(24)25/h3-11,15-17H,20H2,1-2H3/t15-,17-/m0/s1. The van der Waals surface area contributed by atoms with Gasteiger partial charge in [-0.2, -0.15) is 0 Å². The van der Waals surface area contributed by atoms with E-state index in [4.69, 9.17) is 15.2 Å². The summed E-state index contributed by atoms with van der Waals surface area (Å²) in [5.41, 5.74) is 7.24. The van der Waals surface area contributed by atoms with Gasteiger partial charge in [-0.05, 0) is 11.1 Å². The van der Waals surface area contributed by atoms with E-state index in [0.717, 1.165) is 14.2 Å². The summed E-state index contributed by atoms with van der Waals surface area (Å²) in [5.74, 6) is -3.96. The Hall–Kier alpha value is -3.26. The molecule has 0 unspecified atom stereocenters. The third-order valence-electron chi connectivity index (χ3n) is 4.31. The van der Waals surface area contributed by atoms with Gasteiger partial charge in [-0.1, -0.05) is 42.5 Å². The fourth-order valence-corrected chi connectivity index (χ4v) is 2.98. The van der Waals surface area contributed by atoms with E-state index < -0.39 is 34.7 Å². The van der Waals surface area contributed by atoms with Crippen molar-refractivity contribution >= 4 is 17.6 Å². The lowest BCUT2D eigenvalue weighted by Gasteiger charge is -2.29. The number of nitro groups is 1. The molecule has 0 aliphatic heterocycles. The van der Waals surface area contributed by atoms with Crippen LogP contribution in [-0.4, -0.2) is 31.1 Å². The van der Waals surface area contributed by atoms with E-state index in [1.165, 1.54) is 18.2 Å². The maximum absolute atomic E-state index is 12.4. The van der Waals surface area contributed by atoms with Crippen LogP contribution in [0.25, 0.3) is 0 Å². The molecule has 27 heavy (non-hydrogen) atoms. The second-order valence-corrected chi connectivity index (χ2v) is 5.84. The highest BCUT2D eigenvalue weighted by Gasteiger charge is 2.42. The number of non-ortho nitro benzene ring substituents is 1. The Morgan fingerprint density at radius 1 is 0.963 bits per heavy atom. The van der Waals surface area contributed by atoms with E-state index in [2.05, 4.69) is 0 Å². The summed E-state index contributed by atoms with van der Waals surface area (Å²) < 4.78 is 9.54. The molecule has 2 N–H and O–H groups in total. The van der Waals surface area contributed by atoms with Crippen LogP contribution in [0, 0.1) is 16.0 Å². The number of benzene rings is 2. The number of ether oxygens (including phenoxy) is 2. The second-order valence-electron chi connectivity index (χ2n) is 5.84. The van der Waals surface area contributed by atoms with Gasteiger partial charge >= 0.3 is 11.9 Å². The van der Waals surface area contributed by atoms with Crippen LogP contribution >= 0.6 is 0 Å². The summed E-state index contributed by atoms with van der Waals surface area (Å²) in [6, 6.07) is 13.7. The zero-order valence-corrected chi connectivity index (χ0v) is 14.9. The highest BCUT2D eigenvalue weighted by Crippen LogP contribution is 2.38. The SMILES string of the molecule is COC(=O)C(C(=O)OC)[C@H](c1cccc([N+](=O)[O-])c1)[C@@H](N)c1ccccc1. The molecular formula is C19H20N2O6. The minimum Gasteiger partial charge on any atom is -0.468 e. The van der Waals surface area contributed by atoms with Crippen molar-refractivity contribution in [1.82, 2.24) is 0 Å². The van der Waals surface area contributed by atoms with Crippen LogP contribution in [-0.2, 0) is 19.1 Å². The normalized spacial score (nSPS) is 12.9. The lowest BCUT2D eigenvalue weighted by Crippen LogP contribution is -2.37. The molecule has 0 saturated carbocycles. The first-order valence-corrected chi connectivity index (χ1v) is 8.11. The molecule has 0 bridgehead atoms. The van der Waals surface area contributed by atoms with Gasteiger partial charge in [-0.3, -0.25) is 19.7 Å². The molecule has 0 aliphatic rings. The summed E-state index contributed by atoms with van der Waals surface area (Å²) in [6.07, 6.45) is 0. The molecule has 0 radical (unpaired) electrons. The molecule has 2 atom stereocenters. The van der Waals surface area contributed by atoms with Crippen LogP contribution in [0.2, 0.25) is 0 Å². The Kier molecular flexibility index (Phi) is 6.62. The molecule has 8 heteroatoms. The monoisotopic (exact) mass is 372 g/mol. The van der Waals surface area contributed by atoms with E-state index in [-0.39, 0.29) is 5.69 Å². The first kappa shape index (κ1) is 20.1. The highest BCUT2D eigenvalue weighted by atomic mass is 16.6. The lowest BCUT2D eigenvalue weighted by molar-refractivity contribution is -0.384. The molecule has 0 fully saturated rings.